The maximum atomic E-state index is 6.74. The molecule has 0 unspecified atom stereocenters. The Morgan fingerprint density at radius 2 is 1.41 bits per heavy atom. The van der Waals surface area contributed by atoms with Gasteiger partial charge in [-0.3, -0.25) is 4.98 Å². The molecule has 0 aliphatic carbocycles. The number of hydrogen-bond acceptors (Lipinski definition) is 4. The summed E-state index contributed by atoms with van der Waals surface area (Å²) in [5, 5.41) is 4.39. The Bertz CT molecular complexity index is 2490. The molecule has 5 heteroatoms. The standard InChI is InChI=1S/C32H19N2O.C12H10N.Ir/c1-2-8-21(9-3-1)23-15-16-25(24-11-6-10-22-17-19-33-20-28(22)24)32-30(23)27-13-7-12-26(31(27)35-32)29-14-4-5-18-34-29;1-10-7-8-12(13-9-10)11-5-3-2-4-6-11;/h1-11,13-20H;2-5,7-9H,1H3;/q2*-1;. The van der Waals surface area contributed by atoms with Crippen LogP contribution in [0.3, 0.4) is 0 Å². The minimum absolute atomic E-state index is 0. The summed E-state index contributed by atoms with van der Waals surface area (Å²) >= 11 is 0. The predicted molar refractivity (Wildman–Crippen MR) is 195 cm³/mol. The molecule has 0 N–H and O–H groups in total. The quantitative estimate of drug-likeness (QED) is 0.166. The van der Waals surface area contributed by atoms with Crippen molar-refractivity contribution >= 4 is 32.7 Å². The summed E-state index contributed by atoms with van der Waals surface area (Å²) in [5.74, 6) is 0. The molecule has 0 saturated heterocycles. The zero-order valence-electron chi connectivity index (χ0n) is 26.6. The van der Waals surface area contributed by atoms with Crippen LogP contribution in [0, 0.1) is 19.1 Å². The first-order valence-electron chi connectivity index (χ1n) is 15.8. The van der Waals surface area contributed by atoms with Gasteiger partial charge in [-0.25, -0.2) is 0 Å². The van der Waals surface area contributed by atoms with Crippen LogP contribution in [-0.4, -0.2) is 15.0 Å². The number of furan rings is 1. The van der Waals surface area contributed by atoms with Crippen LogP contribution in [0.1, 0.15) is 5.56 Å². The normalized spacial score (nSPS) is 10.8. The van der Waals surface area contributed by atoms with Gasteiger partial charge in [-0.05, 0) is 64.2 Å². The van der Waals surface area contributed by atoms with Crippen LogP contribution in [0.25, 0.3) is 77.5 Å². The maximum absolute atomic E-state index is 6.74. The number of benzene rings is 5. The van der Waals surface area contributed by atoms with E-state index in [4.69, 9.17) is 4.42 Å². The van der Waals surface area contributed by atoms with Crippen molar-refractivity contribution in [1.29, 1.82) is 0 Å². The second kappa shape index (κ2) is 14.2. The van der Waals surface area contributed by atoms with E-state index in [0.717, 1.165) is 77.5 Å². The van der Waals surface area contributed by atoms with E-state index in [2.05, 4.69) is 93.8 Å². The molecular weight excluding hydrogens is 779 g/mol. The zero-order valence-corrected chi connectivity index (χ0v) is 29.0. The number of rotatable bonds is 4. The average molecular weight is 808 g/mol. The van der Waals surface area contributed by atoms with E-state index < -0.39 is 0 Å². The summed E-state index contributed by atoms with van der Waals surface area (Å²) in [5.41, 5.74) is 11.0. The molecule has 0 atom stereocenters. The van der Waals surface area contributed by atoms with Gasteiger partial charge in [-0.2, -0.15) is 0 Å². The Kier molecular flexibility index (Phi) is 9.21. The molecule has 1 radical (unpaired) electrons. The molecule has 9 aromatic rings. The Morgan fingerprint density at radius 1 is 0.551 bits per heavy atom. The Labute approximate surface area is 298 Å². The summed E-state index contributed by atoms with van der Waals surface area (Å²) in [7, 11) is 0. The van der Waals surface area contributed by atoms with E-state index in [9.17, 15) is 0 Å². The monoisotopic (exact) mass is 808 g/mol. The van der Waals surface area contributed by atoms with Crippen LogP contribution in [-0.2, 0) is 20.1 Å². The first-order chi connectivity index (χ1) is 23.7. The first kappa shape index (κ1) is 31.8. The number of aromatic nitrogens is 3. The molecule has 0 bridgehead atoms. The van der Waals surface area contributed by atoms with Crippen molar-refractivity contribution in [2.24, 2.45) is 0 Å². The molecule has 0 spiro atoms. The van der Waals surface area contributed by atoms with Crippen molar-refractivity contribution < 1.29 is 24.5 Å². The topological polar surface area (TPSA) is 51.8 Å². The SMILES string of the molecule is Cc1ccc(-c2[c-]cccc2)nc1.[Ir].[c-]1ccc2c(oc3c(-c4cccc5ccncc45)ccc(-c4ccccc4)c32)c1-c1ccccn1. The molecule has 0 amide bonds. The van der Waals surface area contributed by atoms with Crippen LogP contribution >= 0.6 is 0 Å². The number of pyridine rings is 3. The summed E-state index contributed by atoms with van der Waals surface area (Å²) in [4.78, 5) is 13.3. The minimum atomic E-state index is 0. The molecule has 0 fully saturated rings. The van der Waals surface area contributed by atoms with E-state index in [1.165, 1.54) is 5.56 Å². The summed E-state index contributed by atoms with van der Waals surface area (Å²) in [6.45, 7) is 2.03. The van der Waals surface area contributed by atoms with E-state index >= 15 is 0 Å². The van der Waals surface area contributed by atoms with Gasteiger partial charge < -0.3 is 14.4 Å². The van der Waals surface area contributed by atoms with Gasteiger partial charge in [0.05, 0.1) is 5.58 Å². The molecule has 0 saturated carbocycles. The average Bonchev–Trinajstić information content (AvgIpc) is 3.56. The Hall–Kier alpha value is -5.74. The smallest absolute Gasteiger partial charge is 0.129 e. The molecule has 0 aliphatic heterocycles. The van der Waals surface area contributed by atoms with Gasteiger partial charge in [0.2, 0.25) is 0 Å². The van der Waals surface area contributed by atoms with Crippen LogP contribution in [0.5, 0.6) is 0 Å². The van der Waals surface area contributed by atoms with Gasteiger partial charge in [-0.1, -0.05) is 89.8 Å². The fourth-order valence-corrected chi connectivity index (χ4v) is 6.14. The molecule has 5 aromatic carbocycles. The van der Waals surface area contributed by atoms with Crippen molar-refractivity contribution in [1.82, 2.24) is 15.0 Å². The molecule has 4 aromatic heterocycles. The number of nitrogens with zero attached hydrogens (tertiary/aromatic N) is 3. The Balaban J connectivity index is 0.000000228. The largest absolute Gasteiger partial charge is 0.500 e. The summed E-state index contributed by atoms with van der Waals surface area (Å²) in [6.07, 6.45) is 7.43. The van der Waals surface area contributed by atoms with E-state index in [1.54, 1.807) is 6.20 Å². The van der Waals surface area contributed by atoms with Crippen LogP contribution in [0.4, 0.5) is 0 Å². The number of fused-ring (bicyclic) bond motifs is 4. The minimum Gasteiger partial charge on any atom is -0.500 e. The van der Waals surface area contributed by atoms with Gasteiger partial charge in [0.25, 0.3) is 0 Å². The second-order valence-electron chi connectivity index (χ2n) is 11.5. The predicted octanol–water partition coefficient (Wildman–Crippen LogP) is 11.2. The van der Waals surface area contributed by atoms with Crippen molar-refractivity contribution in [2.75, 3.05) is 0 Å². The molecule has 9 rings (SSSR count). The van der Waals surface area contributed by atoms with Gasteiger partial charge in [0, 0.05) is 61.2 Å². The van der Waals surface area contributed by atoms with Gasteiger partial charge in [0.1, 0.15) is 5.58 Å². The Morgan fingerprint density at radius 3 is 2.20 bits per heavy atom. The van der Waals surface area contributed by atoms with Crippen molar-refractivity contribution in [2.45, 2.75) is 6.92 Å². The molecular formula is C44H29IrN3O-2. The van der Waals surface area contributed by atoms with Crippen molar-refractivity contribution in [3.8, 4) is 44.8 Å². The van der Waals surface area contributed by atoms with Crippen LogP contribution in [0.2, 0.25) is 0 Å². The van der Waals surface area contributed by atoms with E-state index in [0.29, 0.717) is 0 Å². The van der Waals surface area contributed by atoms with E-state index in [-0.39, 0.29) is 20.1 Å². The van der Waals surface area contributed by atoms with Crippen LogP contribution in [0.15, 0.2) is 163 Å². The fraction of sp³-hybridized carbons (Fsp3) is 0.0227. The molecule has 4 nitrogen and oxygen atoms in total. The number of aryl methyl sites for hydroxylation is 1. The third-order valence-electron chi connectivity index (χ3n) is 8.46. The van der Waals surface area contributed by atoms with E-state index in [1.807, 2.05) is 92.2 Å². The fourth-order valence-electron chi connectivity index (χ4n) is 6.14. The molecule has 0 aliphatic rings. The van der Waals surface area contributed by atoms with Crippen molar-refractivity contribution in [3.63, 3.8) is 0 Å². The zero-order chi connectivity index (χ0) is 32.3. The third kappa shape index (κ3) is 6.30. The number of hydrogen-bond donors (Lipinski definition) is 0. The van der Waals surface area contributed by atoms with Crippen molar-refractivity contribution in [3.05, 3.63) is 176 Å². The molecule has 4 heterocycles. The van der Waals surface area contributed by atoms with Crippen LogP contribution < -0.4 is 0 Å². The maximum Gasteiger partial charge on any atom is 0.129 e. The van der Waals surface area contributed by atoms with Gasteiger partial charge >= 0.3 is 0 Å². The van der Waals surface area contributed by atoms with Gasteiger partial charge in [0.15, 0.2) is 0 Å². The first-order valence-corrected chi connectivity index (χ1v) is 15.8. The summed E-state index contributed by atoms with van der Waals surface area (Å²) in [6, 6.07) is 51.6. The third-order valence-corrected chi connectivity index (χ3v) is 8.46. The second-order valence-corrected chi connectivity index (χ2v) is 11.5. The summed E-state index contributed by atoms with van der Waals surface area (Å²) < 4.78 is 6.74. The molecule has 49 heavy (non-hydrogen) atoms. The molecule has 237 valence electrons. The van der Waals surface area contributed by atoms with Gasteiger partial charge in [-0.15, -0.1) is 54.1 Å².